The molecule has 1 unspecified atom stereocenters. The maximum atomic E-state index is 11.3. The number of likely N-dealkylation sites (N-methyl/N-ethyl adjacent to an activating group) is 1. The topological polar surface area (TPSA) is 98.7 Å². The van der Waals surface area contributed by atoms with Gasteiger partial charge in [-0.1, -0.05) is 0 Å². The Morgan fingerprint density at radius 2 is 1.94 bits per heavy atom. The fraction of sp³-hybridized carbons (Fsp3) is 0.833. The lowest BCUT2D eigenvalue weighted by molar-refractivity contribution is -0.144. The number of carboxylic acids is 1. The van der Waals surface area contributed by atoms with Crippen molar-refractivity contribution in [2.45, 2.75) is 44.2 Å². The zero-order valence-corrected chi connectivity index (χ0v) is 10.9. The zero-order valence-electron chi connectivity index (χ0n) is 10.9. The number of rotatable bonds is 5. The van der Waals surface area contributed by atoms with Crippen molar-refractivity contribution in [1.29, 1.82) is 0 Å². The second kappa shape index (κ2) is 6.15. The van der Waals surface area contributed by atoms with Crippen LogP contribution in [0.15, 0.2) is 0 Å². The molecule has 1 amide bonds. The third kappa shape index (κ3) is 3.96. The lowest BCUT2D eigenvalue weighted by atomic mass is 9.78. The predicted octanol–water partition coefficient (Wildman–Crippen LogP) is -0.284. The van der Waals surface area contributed by atoms with E-state index in [1.807, 2.05) is 0 Å². The van der Waals surface area contributed by atoms with Crippen molar-refractivity contribution < 1.29 is 19.8 Å². The van der Waals surface area contributed by atoms with Gasteiger partial charge in [-0.3, -0.25) is 9.59 Å². The van der Waals surface area contributed by atoms with Crippen molar-refractivity contribution >= 4 is 11.9 Å². The second-order valence-electron chi connectivity index (χ2n) is 5.05. The lowest BCUT2D eigenvalue weighted by Crippen LogP contribution is -2.50. The Hall–Kier alpha value is -1.14. The van der Waals surface area contributed by atoms with Gasteiger partial charge in [-0.2, -0.15) is 0 Å². The summed E-state index contributed by atoms with van der Waals surface area (Å²) in [6.45, 7) is 2.04. The molecule has 0 saturated heterocycles. The van der Waals surface area contributed by atoms with Gasteiger partial charge in [0.2, 0.25) is 5.91 Å². The van der Waals surface area contributed by atoms with E-state index in [0.29, 0.717) is 32.2 Å². The first kappa shape index (κ1) is 14.9. The fourth-order valence-electron chi connectivity index (χ4n) is 2.23. The van der Waals surface area contributed by atoms with Crippen LogP contribution in [0.3, 0.4) is 0 Å². The first-order valence-corrected chi connectivity index (χ1v) is 6.28. The molecule has 0 aliphatic heterocycles. The van der Waals surface area contributed by atoms with Crippen LogP contribution in [0, 0.1) is 5.92 Å². The van der Waals surface area contributed by atoms with Gasteiger partial charge in [0.1, 0.15) is 0 Å². The Kier molecular flexibility index (Phi) is 5.10. The molecule has 1 aliphatic rings. The standard InChI is InChI=1S/C12H22N2O4/c1-8(10(15)13-2)14-7-12(18)5-3-9(4-6-12)11(16)17/h8-9,14,18H,3-7H2,1-2H3,(H,13,15)(H,16,17). The summed E-state index contributed by atoms with van der Waals surface area (Å²) in [7, 11) is 1.56. The number of carboxylic acid groups (broad SMARTS) is 1. The number of carbonyl (C=O) groups excluding carboxylic acids is 1. The summed E-state index contributed by atoms with van der Waals surface area (Å²) in [5.74, 6) is -1.26. The molecule has 1 fully saturated rings. The van der Waals surface area contributed by atoms with E-state index in [-0.39, 0.29) is 17.9 Å². The number of carbonyl (C=O) groups is 2. The molecule has 0 aromatic carbocycles. The third-order valence-corrected chi connectivity index (χ3v) is 3.64. The summed E-state index contributed by atoms with van der Waals surface area (Å²) in [6, 6.07) is -0.365. The minimum Gasteiger partial charge on any atom is -0.481 e. The number of hydrogen-bond acceptors (Lipinski definition) is 4. The lowest BCUT2D eigenvalue weighted by Gasteiger charge is -2.35. The van der Waals surface area contributed by atoms with Crippen LogP contribution in [0.25, 0.3) is 0 Å². The number of nitrogens with one attached hydrogen (secondary N) is 2. The van der Waals surface area contributed by atoms with Gasteiger partial charge in [0, 0.05) is 13.6 Å². The van der Waals surface area contributed by atoms with Crippen molar-refractivity contribution in [3.8, 4) is 0 Å². The maximum Gasteiger partial charge on any atom is 0.306 e. The number of hydrogen-bond donors (Lipinski definition) is 4. The number of amides is 1. The highest BCUT2D eigenvalue weighted by Gasteiger charge is 2.35. The molecule has 4 N–H and O–H groups in total. The quantitative estimate of drug-likeness (QED) is 0.543. The van der Waals surface area contributed by atoms with Crippen LogP contribution < -0.4 is 10.6 Å². The average Bonchev–Trinajstić information content (AvgIpc) is 2.35. The minimum atomic E-state index is -0.895. The highest BCUT2D eigenvalue weighted by atomic mass is 16.4. The van der Waals surface area contributed by atoms with E-state index in [1.54, 1.807) is 14.0 Å². The number of aliphatic hydroxyl groups is 1. The zero-order chi connectivity index (χ0) is 13.8. The first-order chi connectivity index (χ1) is 8.38. The molecule has 6 nitrogen and oxygen atoms in total. The van der Waals surface area contributed by atoms with E-state index in [9.17, 15) is 14.7 Å². The molecule has 104 valence electrons. The van der Waals surface area contributed by atoms with E-state index in [4.69, 9.17) is 5.11 Å². The SMILES string of the molecule is CNC(=O)C(C)NCC1(O)CCC(C(=O)O)CC1. The molecule has 1 atom stereocenters. The second-order valence-corrected chi connectivity index (χ2v) is 5.05. The summed E-state index contributed by atoms with van der Waals surface area (Å²) in [5.41, 5.74) is -0.895. The molecule has 0 bridgehead atoms. The molecule has 1 saturated carbocycles. The van der Waals surface area contributed by atoms with Gasteiger partial charge in [0.15, 0.2) is 0 Å². The van der Waals surface area contributed by atoms with E-state index in [2.05, 4.69) is 10.6 Å². The molecule has 0 heterocycles. The van der Waals surface area contributed by atoms with E-state index in [1.165, 1.54) is 0 Å². The van der Waals surface area contributed by atoms with Crippen LogP contribution in [0.1, 0.15) is 32.6 Å². The summed E-state index contributed by atoms with van der Waals surface area (Å²) >= 11 is 0. The maximum absolute atomic E-state index is 11.3. The molecule has 6 heteroatoms. The van der Waals surface area contributed by atoms with Gasteiger partial charge in [-0.15, -0.1) is 0 Å². The van der Waals surface area contributed by atoms with Gasteiger partial charge >= 0.3 is 5.97 Å². The molecule has 0 aromatic heterocycles. The first-order valence-electron chi connectivity index (χ1n) is 6.28. The summed E-state index contributed by atoms with van der Waals surface area (Å²) < 4.78 is 0. The van der Waals surface area contributed by atoms with Gasteiger partial charge < -0.3 is 20.8 Å². The minimum absolute atomic E-state index is 0.127. The van der Waals surface area contributed by atoms with Gasteiger partial charge in [-0.25, -0.2) is 0 Å². The number of aliphatic carboxylic acids is 1. The van der Waals surface area contributed by atoms with Crippen molar-refractivity contribution in [2.24, 2.45) is 5.92 Å². The largest absolute Gasteiger partial charge is 0.481 e. The van der Waals surface area contributed by atoms with Crippen molar-refractivity contribution in [2.75, 3.05) is 13.6 Å². The summed E-state index contributed by atoms with van der Waals surface area (Å²) in [4.78, 5) is 22.1. The normalized spacial score (nSPS) is 29.6. The van der Waals surface area contributed by atoms with Crippen LogP contribution in [-0.4, -0.2) is 47.3 Å². The highest BCUT2D eigenvalue weighted by Crippen LogP contribution is 2.31. The molecular weight excluding hydrogens is 236 g/mol. The van der Waals surface area contributed by atoms with E-state index in [0.717, 1.165) is 0 Å². The highest BCUT2D eigenvalue weighted by molar-refractivity contribution is 5.80. The molecule has 1 rings (SSSR count). The Morgan fingerprint density at radius 3 is 2.39 bits per heavy atom. The Bertz CT molecular complexity index is 311. The fourth-order valence-corrected chi connectivity index (χ4v) is 2.23. The molecular formula is C12H22N2O4. The molecule has 0 radical (unpaired) electrons. The molecule has 18 heavy (non-hydrogen) atoms. The van der Waals surface area contributed by atoms with E-state index < -0.39 is 11.6 Å². The van der Waals surface area contributed by atoms with Crippen LogP contribution in [0.4, 0.5) is 0 Å². The Morgan fingerprint density at radius 1 is 1.39 bits per heavy atom. The van der Waals surface area contributed by atoms with Gasteiger partial charge in [0.05, 0.1) is 17.6 Å². The molecule has 0 spiro atoms. The molecule has 1 aliphatic carbocycles. The van der Waals surface area contributed by atoms with E-state index >= 15 is 0 Å². The van der Waals surface area contributed by atoms with Crippen LogP contribution in [0.2, 0.25) is 0 Å². The van der Waals surface area contributed by atoms with Crippen molar-refractivity contribution in [1.82, 2.24) is 10.6 Å². The Balaban J connectivity index is 2.39. The average molecular weight is 258 g/mol. The monoisotopic (exact) mass is 258 g/mol. The predicted molar refractivity (Wildman–Crippen MR) is 66.1 cm³/mol. The smallest absolute Gasteiger partial charge is 0.306 e. The Labute approximate surface area is 107 Å². The van der Waals surface area contributed by atoms with Crippen LogP contribution in [0.5, 0.6) is 0 Å². The van der Waals surface area contributed by atoms with Gasteiger partial charge in [-0.05, 0) is 32.6 Å². The third-order valence-electron chi connectivity index (χ3n) is 3.64. The van der Waals surface area contributed by atoms with Crippen molar-refractivity contribution in [3.63, 3.8) is 0 Å². The van der Waals surface area contributed by atoms with Crippen LogP contribution in [-0.2, 0) is 9.59 Å². The molecule has 0 aromatic rings. The van der Waals surface area contributed by atoms with Crippen LogP contribution >= 0.6 is 0 Å². The summed E-state index contributed by atoms with van der Waals surface area (Å²) in [5, 5.41) is 24.7. The van der Waals surface area contributed by atoms with Gasteiger partial charge in [0.25, 0.3) is 0 Å². The van der Waals surface area contributed by atoms with Crippen molar-refractivity contribution in [3.05, 3.63) is 0 Å². The summed E-state index contributed by atoms with van der Waals surface area (Å²) in [6.07, 6.45) is 1.89.